The van der Waals surface area contributed by atoms with Gasteiger partial charge >= 0.3 is 5.97 Å². The number of hydrogen-bond acceptors (Lipinski definition) is 4. The maximum Gasteiger partial charge on any atom is 0.378 e. The van der Waals surface area contributed by atoms with Crippen molar-refractivity contribution in [2.75, 3.05) is 19.8 Å². The highest BCUT2D eigenvalue weighted by atomic mass is 16.9. The third kappa shape index (κ3) is 10.7. The van der Waals surface area contributed by atoms with Crippen molar-refractivity contribution in [2.24, 2.45) is 17.8 Å². The molecule has 0 N–H and O–H groups in total. The minimum absolute atomic E-state index is 0.467. The summed E-state index contributed by atoms with van der Waals surface area (Å²) in [5, 5.41) is 9.45. The summed E-state index contributed by atoms with van der Waals surface area (Å²) >= 11 is 0. The molecule has 0 spiro atoms. The maximum atomic E-state index is 9.45. The molecule has 21 heavy (non-hydrogen) atoms. The van der Waals surface area contributed by atoms with E-state index in [1.165, 1.54) is 0 Å². The van der Waals surface area contributed by atoms with E-state index in [-0.39, 0.29) is 0 Å². The van der Waals surface area contributed by atoms with E-state index in [2.05, 4.69) is 47.6 Å². The van der Waals surface area contributed by atoms with Crippen LogP contribution >= 0.6 is 0 Å². The second-order valence-electron chi connectivity index (χ2n) is 6.76. The van der Waals surface area contributed by atoms with Gasteiger partial charge in [0, 0.05) is 0 Å². The summed E-state index contributed by atoms with van der Waals surface area (Å²) in [5.41, 5.74) is 0. The van der Waals surface area contributed by atoms with Crippen LogP contribution in [0, 0.1) is 29.1 Å². The van der Waals surface area contributed by atoms with Gasteiger partial charge in [0.25, 0.3) is 0 Å². The molecule has 0 aliphatic heterocycles. The molecule has 0 fully saturated rings. The number of hydrogen-bond donors (Lipinski definition) is 0. The molecular weight excluding hydrogens is 266 g/mol. The second-order valence-corrected chi connectivity index (χ2v) is 6.76. The van der Waals surface area contributed by atoms with Crippen molar-refractivity contribution in [3.8, 4) is 6.07 Å². The van der Waals surface area contributed by atoms with Gasteiger partial charge in [0.2, 0.25) is 0 Å². The van der Waals surface area contributed by atoms with Crippen LogP contribution in [0.2, 0.25) is 0 Å². The molecule has 0 heterocycles. The molecule has 0 aliphatic carbocycles. The smallest absolute Gasteiger partial charge is 0.315 e. The first-order valence-electron chi connectivity index (χ1n) is 8.14. The van der Waals surface area contributed by atoms with Crippen LogP contribution < -0.4 is 0 Å². The minimum atomic E-state index is -1.54. The number of nitrogens with zero attached hydrogens (tertiary/aromatic N) is 1. The largest absolute Gasteiger partial charge is 0.378 e. The zero-order valence-electron chi connectivity index (χ0n) is 14.6. The fourth-order valence-corrected chi connectivity index (χ4v) is 1.51. The normalized spacial score (nSPS) is 12.4. The van der Waals surface area contributed by atoms with Crippen molar-refractivity contribution in [1.29, 1.82) is 5.26 Å². The van der Waals surface area contributed by atoms with Crippen LogP contribution in [0.3, 0.4) is 0 Å². The SMILES string of the molecule is CC(C)CCOC(C#N)(OCCC(C)C)OCCC(C)C. The van der Waals surface area contributed by atoms with Gasteiger partial charge in [0.05, 0.1) is 19.8 Å². The average Bonchev–Trinajstić information content (AvgIpc) is 2.36. The van der Waals surface area contributed by atoms with Crippen molar-refractivity contribution in [2.45, 2.75) is 66.8 Å². The van der Waals surface area contributed by atoms with Gasteiger partial charge in [-0.3, -0.25) is 0 Å². The molecule has 0 amide bonds. The summed E-state index contributed by atoms with van der Waals surface area (Å²) in [7, 11) is 0. The number of rotatable bonds is 12. The average molecular weight is 299 g/mol. The summed E-state index contributed by atoms with van der Waals surface area (Å²) < 4.78 is 16.9. The molecule has 0 aliphatic rings. The highest BCUT2D eigenvalue weighted by molar-refractivity contribution is 4.86. The van der Waals surface area contributed by atoms with Gasteiger partial charge in [-0.15, -0.1) is 0 Å². The first kappa shape index (κ1) is 20.4. The molecule has 0 saturated heterocycles. The Bertz CT molecular complexity index is 259. The lowest BCUT2D eigenvalue weighted by Crippen LogP contribution is -2.39. The van der Waals surface area contributed by atoms with Crippen LogP contribution in [0.4, 0.5) is 0 Å². The van der Waals surface area contributed by atoms with Gasteiger partial charge in [-0.25, -0.2) is 0 Å². The Hall–Kier alpha value is -0.630. The predicted molar refractivity (Wildman–Crippen MR) is 84.6 cm³/mol. The Morgan fingerprint density at radius 1 is 0.714 bits per heavy atom. The number of nitriles is 1. The molecule has 0 saturated carbocycles. The van der Waals surface area contributed by atoms with Crippen molar-refractivity contribution in [1.82, 2.24) is 0 Å². The molecule has 0 radical (unpaired) electrons. The quantitative estimate of drug-likeness (QED) is 0.503. The van der Waals surface area contributed by atoms with Gasteiger partial charge < -0.3 is 14.2 Å². The monoisotopic (exact) mass is 299 g/mol. The van der Waals surface area contributed by atoms with Gasteiger partial charge in [-0.05, 0) is 37.0 Å². The first-order valence-corrected chi connectivity index (χ1v) is 8.14. The van der Waals surface area contributed by atoms with Crippen molar-refractivity contribution >= 4 is 0 Å². The zero-order valence-corrected chi connectivity index (χ0v) is 14.6. The molecule has 0 aromatic heterocycles. The van der Waals surface area contributed by atoms with E-state index in [0.717, 1.165) is 19.3 Å². The third-order valence-electron chi connectivity index (χ3n) is 3.10. The highest BCUT2D eigenvalue weighted by Crippen LogP contribution is 2.19. The Labute approximate surface area is 130 Å². The predicted octanol–water partition coefficient (Wildman–Crippen LogP) is 4.35. The van der Waals surface area contributed by atoms with Crippen LogP contribution in [-0.2, 0) is 14.2 Å². The van der Waals surface area contributed by atoms with Crippen LogP contribution in [0.15, 0.2) is 0 Å². The standard InChI is InChI=1S/C17H33NO3/c1-14(2)7-10-19-17(13-18,20-11-8-15(3)4)21-12-9-16(5)6/h14-16H,7-12H2,1-6H3. The lowest BCUT2D eigenvalue weighted by Gasteiger charge is -2.27. The highest BCUT2D eigenvalue weighted by Gasteiger charge is 2.34. The Kier molecular flexibility index (Phi) is 10.7. The fourth-order valence-electron chi connectivity index (χ4n) is 1.51. The Balaban J connectivity index is 4.48. The molecule has 0 rings (SSSR count). The second kappa shape index (κ2) is 11.0. The van der Waals surface area contributed by atoms with E-state index in [4.69, 9.17) is 14.2 Å². The van der Waals surface area contributed by atoms with Crippen molar-refractivity contribution in [3.05, 3.63) is 0 Å². The zero-order chi connectivity index (χ0) is 16.3. The van der Waals surface area contributed by atoms with Crippen LogP contribution in [0.1, 0.15) is 60.8 Å². The number of ether oxygens (including phenoxy) is 3. The summed E-state index contributed by atoms with van der Waals surface area (Å²) in [6.45, 7) is 14.1. The fraction of sp³-hybridized carbons (Fsp3) is 0.941. The lowest BCUT2D eigenvalue weighted by atomic mass is 10.1. The van der Waals surface area contributed by atoms with Crippen LogP contribution in [-0.4, -0.2) is 25.8 Å². The molecule has 0 aromatic rings. The molecule has 124 valence electrons. The topological polar surface area (TPSA) is 51.5 Å². The lowest BCUT2D eigenvalue weighted by molar-refractivity contribution is -0.346. The van der Waals surface area contributed by atoms with Gasteiger partial charge in [0.15, 0.2) is 6.07 Å². The molecule has 4 nitrogen and oxygen atoms in total. The van der Waals surface area contributed by atoms with Crippen molar-refractivity contribution in [3.63, 3.8) is 0 Å². The third-order valence-corrected chi connectivity index (χ3v) is 3.10. The summed E-state index contributed by atoms with van der Waals surface area (Å²) in [5.74, 6) is 0.0201. The molecule has 4 heteroatoms. The van der Waals surface area contributed by atoms with Gasteiger partial charge in [0.1, 0.15) is 0 Å². The molecule has 0 aromatic carbocycles. The van der Waals surface area contributed by atoms with E-state index in [1.54, 1.807) is 0 Å². The minimum Gasteiger partial charge on any atom is -0.315 e. The Morgan fingerprint density at radius 2 is 1.00 bits per heavy atom. The van der Waals surface area contributed by atoms with Crippen molar-refractivity contribution < 1.29 is 14.2 Å². The summed E-state index contributed by atoms with van der Waals surface area (Å²) in [4.78, 5) is 0. The van der Waals surface area contributed by atoms with Gasteiger partial charge in [-0.1, -0.05) is 41.5 Å². The van der Waals surface area contributed by atoms with E-state index >= 15 is 0 Å². The Morgan fingerprint density at radius 3 is 1.19 bits per heavy atom. The van der Waals surface area contributed by atoms with E-state index < -0.39 is 5.97 Å². The molecular formula is C17H33NO3. The molecule has 0 atom stereocenters. The van der Waals surface area contributed by atoms with Crippen LogP contribution in [0.5, 0.6) is 0 Å². The summed E-state index contributed by atoms with van der Waals surface area (Å²) in [6, 6.07) is 2.07. The van der Waals surface area contributed by atoms with E-state index in [1.807, 2.05) is 0 Å². The summed E-state index contributed by atoms with van der Waals surface area (Å²) in [6.07, 6.45) is 2.64. The van der Waals surface area contributed by atoms with Crippen LogP contribution in [0.25, 0.3) is 0 Å². The maximum absolute atomic E-state index is 9.45. The molecule has 0 unspecified atom stereocenters. The van der Waals surface area contributed by atoms with E-state index in [9.17, 15) is 5.26 Å². The van der Waals surface area contributed by atoms with Gasteiger partial charge in [-0.2, -0.15) is 5.26 Å². The first-order chi connectivity index (χ1) is 9.81. The van der Waals surface area contributed by atoms with E-state index in [0.29, 0.717) is 37.6 Å². The molecule has 0 bridgehead atoms.